The van der Waals surface area contributed by atoms with Crippen molar-refractivity contribution < 1.29 is 13.2 Å². The van der Waals surface area contributed by atoms with Crippen molar-refractivity contribution in [1.29, 1.82) is 0 Å². The largest absolute Gasteiger partial charge is 0.494 e. The number of aromatic amines is 1. The molecule has 1 aromatic heterocycles. The van der Waals surface area contributed by atoms with Gasteiger partial charge in [0.25, 0.3) is 5.56 Å². The number of H-pyrrole nitrogens is 1. The van der Waals surface area contributed by atoms with Crippen molar-refractivity contribution >= 4 is 32.3 Å². The molecule has 130 valence electrons. The molecule has 0 bridgehead atoms. The van der Waals surface area contributed by atoms with Crippen LogP contribution in [0, 0.1) is 0 Å². The number of ether oxygens (including phenoxy) is 1. The first-order valence-electron chi connectivity index (χ1n) is 7.53. The Morgan fingerprint density at radius 1 is 1.16 bits per heavy atom. The van der Waals surface area contributed by atoms with E-state index in [9.17, 15) is 13.2 Å². The number of sulfone groups is 1. The molecule has 0 unspecified atom stereocenters. The Labute approximate surface area is 149 Å². The Hall–Kier alpha value is -2.38. The third kappa shape index (κ3) is 3.83. The van der Waals surface area contributed by atoms with Crippen LogP contribution in [0.1, 0.15) is 12.7 Å². The van der Waals surface area contributed by atoms with Gasteiger partial charge in [0, 0.05) is 5.02 Å². The van der Waals surface area contributed by atoms with Crippen molar-refractivity contribution in [3.8, 4) is 5.75 Å². The van der Waals surface area contributed by atoms with Gasteiger partial charge in [0.15, 0.2) is 9.84 Å². The summed E-state index contributed by atoms with van der Waals surface area (Å²) < 4.78 is 30.3. The minimum Gasteiger partial charge on any atom is -0.494 e. The molecule has 0 saturated heterocycles. The van der Waals surface area contributed by atoms with Crippen LogP contribution in [0.15, 0.2) is 52.2 Å². The molecule has 1 heterocycles. The van der Waals surface area contributed by atoms with Gasteiger partial charge in [0.05, 0.1) is 22.4 Å². The van der Waals surface area contributed by atoms with Gasteiger partial charge in [-0.25, -0.2) is 13.4 Å². The van der Waals surface area contributed by atoms with Crippen LogP contribution in [0.2, 0.25) is 5.02 Å². The number of hydrogen-bond acceptors (Lipinski definition) is 5. The first kappa shape index (κ1) is 17.4. The predicted octanol–water partition coefficient (Wildman–Crippen LogP) is 2.95. The maximum absolute atomic E-state index is 12.5. The van der Waals surface area contributed by atoms with Gasteiger partial charge in [-0.05, 0) is 49.4 Å². The second-order valence-electron chi connectivity index (χ2n) is 5.34. The second-order valence-corrected chi connectivity index (χ2v) is 7.76. The summed E-state index contributed by atoms with van der Waals surface area (Å²) in [5.41, 5.74) is 0.00127. The Balaban J connectivity index is 1.98. The fraction of sp³-hybridized carbons (Fsp3) is 0.176. The number of halogens is 1. The fourth-order valence-electron chi connectivity index (χ4n) is 2.40. The zero-order valence-corrected chi connectivity index (χ0v) is 14.9. The van der Waals surface area contributed by atoms with E-state index in [1.165, 1.54) is 24.3 Å². The molecule has 8 heteroatoms. The van der Waals surface area contributed by atoms with Crippen LogP contribution in [0.4, 0.5) is 0 Å². The van der Waals surface area contributed by atoms with E-state index < -0.39 is 21.1 Å². The molecule has 0 fully saturated rings. The molecule has 0 atom stereocenters. The van der Waals surface area contributed by atoms with Crippen LogP contribution < -0.4 is 10.3 Å². The Morgan fingerprint density at radius 3 is 2.56 bits per heavy atom. The van der Waals surface area contributed by atoms with Crippen LogP contribution in [-0.2, 0) is 15.6 Å². The topological polar surface area (TPSA) is 89.1 Å². The number of nitrogens with zero attached hydrogens (tertiary/aromatic N) is 1. The van der Waals surface area contributed by atoms with E-state index >= 15 is 0 Å². The Morgan fingerprint density at radius 2 is 1.88 bits per heavy atom. The smallest absolute Gasteiger partial charge is 0.258 e. The van der Waals surface area contributed by atoms with E-state index in [1.54, 1.807) is 18.2 Å². The lowest BCUT2D eigenvalue weighted by Gasteiger charge is -2.07. The summed E-state index contributed by atoms with van der Waals surface area (Å²) in [7, 11) is -3.65. The van der Waals surface area contributed by atoms with E-state index in [0.29, 0.717) is 28.3 Å². The minimum absolute atomic E-state index is 0.0802. The van der Waals surface area contributed by atoms with Gasteiger partial charge >= 0.3 is 0 Å². The van der Waals surface area contributed by atoms with Gasteiger partial charge in [0.1, 0.15) is 17.3 Å². The first-order chi connectivity index (χ1) is 11.9. The fourth-order valence-corrected chi connectivity index (χ4v) is 3.74. The number of rotatable bonds is 5. The molecule has 0 radical (unpaired) electrons. The highest BCUT2D eigenvalue weighted by Crippen LogP contribution is 2.20. The van der Waals surface area contributed by atoms with E-state index in [0.717, 1.165) is 0 Å². The maximum atomic E-state index is 12.5. The molecule has 0 aliphatic rings. The van der Waals surface area contributed by atoms with Crippen molar-refractivity contribution in [3.05, 3.63) is 63.7 Å². The molecule has 0 saturated carbocycles. The summed E-state index contributed by atoms with van der Waals surface area (Å²) in [5.74, 6) is 0.230. The highest BCUT2D eigenvalue weighted by Gasteiger charge is 2.18. The van der Waals surface area contributed by atoms with Gasteiger partial charge < -0.3 is 9.72 Å². The molecule has 1 N–H and O–H groups in total. The number of aromatic nitrogens is 2. The van der Waals surface area contributed by atoms with E-state index in [2.05, 4.69) is 9.97 Å². The van der Waals surface area contributed by atoms with E-state index in [4.69, 9.17) is 16.3 Å². The van der Waals surface area contributed by atoms with Gasteiger partial charge in [0.2, 0.25) is 0 Å². The lowest BCUT2D eigenvalue weighted by Crippen LogP contribution is -2.15. The zero-order valence-electron chi connectivity index (χ0n) is 13.3. The Kier molecular flexibility index (Phi) is 4.78. The maximum Gasteiger partial charge on any atom is 0.258 e. The highest BCUT2D eigenvalue weighted by atomic mass is 35.5. The number of benzene rings is 2. The van der Waals surface area contributed by atoms with Gasteiger partial charge in [-0.2, -0.15) is 0 Å². The molecule has 3 aromatic rings. The number of hydrogen-bond donors (Lipinski definition) is 1. The second kappa shape index (κ2) is 6.85. The molecule has 6 nitrogen and oxygen atoms in total. The van der Waals surface area contributed by atoms with E-state index in [-0.39, 0.29) is 10.7 Å². The summed E-state index contributed by atoms with van der Waals surface area (Å²) in [5, 5.41) is 0.792. The molecule has 0 aliphatic carbocycles. The van der Waals surface area contributed by atoms with E-state index in [1.807, 2.05) is 6.92 Å². The molecule has 2 aromatic carbocycles. The normalized spacial score (nSPS) is 11.6. The molecular weight excluding hydrogens is 364 g/mol. The Bertz CT molecular complexity index is 1080. The summed E-state index contributed by atoms with van der Waals surface area (Å²) in [6, 6.07) is 10.8. The summed E-state index contributed by atoms with van der Waals surface area (Å²) in [6.45, 7) is 2.33. The lowest BCUT2D eigenvalue weighted by molar-refractivity contribution is 0.340. The van der Waals surface area contributed by atoms with Crippen molar-refractivity contribution in [2.45, 2.75) is 17.6 Å². The minimum atomic E-state index is -3.65. The monoisotopic (exact) mass is 378 g/mol. The average Bonchev–Trinajstić information content (AvgIpc) is 2.56. The summed E-state index contributed by atoms with van der Waals surface area (Å²) >= 11 is 5.78. The van der Waals surface area contributed by atoms with Crippen molar-refractivity contribution in [3.63, 3.8) is 0 Å². The molecule has 3 rings (SSSR count). The lowest BCUT2D eigenvalue weighted by atomic mass is 10.2. The standard InChI is InChI=1S/C17H15ClN2O4S/c1-2-24-12-5-8-15-14(9-12)17(21)20-16(19-15)10-25(22,23)13-6-3-11(18)4-7-13/h3-9H,2,10H2,1H3,(H,19,20,21). The summed E-state index contributed by atoms with van der Waals surface area (Å²) in [4.78, 5) is 19.2. The number of fused-ring (bicyclic) bond motifs is 1. The van der Waals surface area contributed by atoms with Gasteiger partial charge in [-0.15, -0.1) is 0 Å². The van der Waals surface area contributed by atoms with Crippen LogP contribution in [-0.4, -0.2) is 25.0 Å². The molecule has 0 spiro atoms. The summed E-state index contributed by atoms with van der Waals surface area (Å²) in [6.07, 6.45) is 0. The zero-order chi connectivity index (χ0) is 18.0. The molecule has 0 aliphatic heterocycles. The SMILES string of the molecule is CCOc1ccc2nc(CS(=O)(=O)c3ccc(Cl)cc3)[nH]c(=O)c2c1. The third-order valence-corrected chi connectivity index (χ3v) is 5.43. The van der Waals surface area contributed by atoms with Gasteiger partial charge in [-0.1, -0.05) is 11.6 Å². The van der Waals surface area contributed by atoms with Crippen molar-refractivity contribution in [2.75, 3.05) is 6.61 Å². The first-order valence-corrected chi connectivity index (χ1v) is 9.56. The highest BCUT2D eigenvalue weighted by molar-refractivity contribution is 7.90. The molecule has 0 amide bonds. The van der Waals surface area contributed by atoms with Crippen molar-refractivity contribution in [2.24, 2.45) is 0 Å². The van der Waals surface area contributed by atoms with Crippen LogP contribution in [0.25, 0.3) is 10.9 Å². The third-order valence-electron chi connectivity index (χ3n) is 3.54. The van der Waals surface area contributed by atoms with Crippen LogP contribution >= 0.6 is 11.6 Å². The van der Waals surface area contributed by atoms with Gasteiger partial charge in [-0.3, -0.25) is 4.79 Å². The van der Waals surface area contributed by atoms with Crippen molar-refractivity contribution in [1.82, 2.24) is 9.97 Å². The van der Waals surface area contributed by atoms with Crippen LogP contribution in [0.3, 0.4) is 0 Å². The predicted molar refractivity (Wildman–Crippen MR) is 95.9 cm³/mol. The quantitative estimate of drug-likeness (QED) is 0.737. The number of nitrogens with one attached hydrogen (secondary N) is 1. The molecular formula is C17H15ClN2O4S. The average molecular weight is 379 g/mol. The molecule has 25 heavy (non-hydrogen) atoms. The van der Waals surface area contributed by atoms with Crippen LogP contribution in [0.5, 0.6) is 5.75 Å².